The van der Waals surface area contributed by atoms with Crippen LogP contribution in [-0.2, 0) is 0 Å². The molecule has 1 aromatic heterocycles. The number of H-pyrrole nitrogens is 1. The molecule has 3 aromatic rings. The molecule has 2 heterocycles. The van der Waals surface area contributed by atoms with Crippen LogP contribution in [0.1, 0.15) is 20.8 Å². The van der Waals surface area contributed by atoms with Crippen molar-refractivity contribution in [1.29, 1.82) is 0 Å². The van der Waals surface area contributed by atoms with Gasteiger partial charge >= 0.3 is 0 Å². The van der Waals surface area contributed by atoms with Gasteiger partial charge in [0.1, 0.15) is 5.69 Å². The van der Waals surface area contributed by atoms with Gasteiger partial charge in [-0.15, -0.1) is 0 Å². The van der Waals surface area contributed by atoms with Gasteiger partial charge in [0.2, 0.25) is 6.79 Å². The summed E-state index contributed by atoms with van der Waals surface area (Å²) in [7, 11) is 0. The van der Waals surface area contributed by atoms with Gasteiger partial charge in [0.05, 0.1) is 0 Å². The van der Waals surface area contributed by atoms with Gasteiger partial charge in [0.25, 0.3) is 11.8 Å². The summed E-state index contributed by atoms with van der Waals surface area (Å²) in [6.45, 7) is 0.127. The molecule has 0 unspecified atom stereocenters. The summed E-state index contributed by atoms with van der Waals surface area (Å²) < 4.78 is 10.4. The molecule has 25 heavy (non-hydrogen) atoms. The second kappa shape index (κ2) is 6.03. The first-order chi connectivity index (χ1) is 12.1. The lowest BCUT2D eigenvalue weighted by Gasteiger charge is -2.07. The normalized spacial score (nSPS) is 12.2. The monoisotopic (exact) mass is 357 g/mol. The van der Waals surface area contributed by atoms with Crippen LogP contribution in [0.4, 0.5) is 0 Å². The molecule has 0 fully saturated rings. The molecule has 0 radical (unpaired) electrons. The minimum Gasteiger partial charge on any atom is -0.454 e. The van der Waals surface area contributed by atoms with Crippen molar-refractivity contribution in [2.24, 2.45) is 0 Å². The number of aromatic nitrogens is 1. The minimum absolute atomic E-state index is 0.127. The molecule has 0 atom stereocenters. The first-order valence-electron chi connectivity index (χ1n) is 7.39. The number of carbonyl (C=O) groups is 2. The number of rotatable bonds is 2. The number of aromatic amines is 1. The Morgan fingerprint density at radius 3 is 2.64 bits per heavy atom. The zero-order valence-electron chi connectivity index (χ0n) is 12.8. The molecule has 1 aliphatic heterocycles. The molecular formula is C17H12ClN3O4. The molecule has 3 N–H and O–H groups in total. The average molecular weight is 358 g/mol. The smallest absolute Gasteiger partial charge is 0.286 e. The molecule has 0 saturated carbocycles. The Morgan fingerprint density at radius 1 is 0.960 bits per heavy atom. The highest BCUT2D eigenvalue weighted by Crippen LogP contribution is 2.32. The van der Waals surface area contributed by atoms with E-state index in [1.165, 1.54) is 0 Å². The summed E-state index contributed by atoms with van der Waals surface area (Å²) in [5.74, 6) is 0.135. The van der Waals surface area contributed by atoms with Crippen LogP contribution in [-0.4, -0.2) is 23.6 Å². The van der Waals surface area contributed by atoms with E-state index >= 15 is 0 Å². The number of hydrogen-bond acceptors (Lipinski definition) is 4. The zero-order chi connectivity index (χ0) is 17.4. The second-order valence-corrected chi connectivity index (χ2v) is 5.83. The number of carbonyl (C=O) groups excluding carboxylic acids is 2. The van der Waals surface area contributed by atoms with E-state index in [4.69, 9.17) is 21.1 Å². The van der Waals surface area contributed by atoms with Crippen LogP contribution in [0, 0.1) is 0 Å². The molecule has 126 valence electrons. The van der Waals surface area contributed by atoms with Crippen molar-refractivity contribution in [1.82, 2.24) is 15.8 Å². The molecule has 0 bridgehead atoms. The standard InChI is InChI=1S/C17H12ClN3O4/c18-11-2-3-12-10(5-11)6-13(19-12)17(23)21-20-16(22)9-1-4-14-15(7-9)25-8-24-14/h1-7,19H,8H2,(H,20,22)(H,21,23). The van der Waals surface area contributed by atoms with E-state index in [0.29, 0.717) is 27.8 Å². The van der Waals surface area contributed by atoms with Crippen molar-refractivity contribution in [3.05, 3.63) is 58.7 Å². The maximum Gasteiger partial charge on any atom is 0.286 e. The number of amides is 2. The maximum absolute atomic E-state index is 12.2. The highest BCUT2D eigenvalue weighted by Gasteiger charge is 2.17. The van der Waals surface area contributed by atoms with Crippen LogP contribution >= 0.6 is 11.6 Å². The summed E-state index contributed by atoms with van der Waals surface area (Å²) in [5, 5.41) is 1.38. The molecule has 0 saturated heterocycles. The Balaban J connectivity index is 1.44. The largest absolute Gasteiger partial charge is 0.454 e. The van der Waals surface area contributed by atoms with Crippen LogP contribution in [0.2, 0.25) is 5.02 Å². The van der Waals surface area contributed by atoms with E-state index in [1.807, 2.05) is 0 Å². The lowest BCUT2D eigenvalue weighted by Crippen LogP contribution is -2.41. The number of hydrogen-bond donors (Lipinski definition) is 3. The molecule has 2 amide bonds. The summed E-state index contributed by atoms with van der Waals surface area (Å²) in [4.78, 5) is 27.3. The van der Waals surface area contributed by atoms with E-state index < -0.39 is 11.8 Å². The Bertz CT molecular complexity index is 999. The van der Waals surface area contributed by atoms with Gasteiger partial charge in [0, 0.05) is 21.5 Å². The number of fused-ring (bicyclic) bond motifs is 2. The van der Waals surface area contributed by atoms with Gasteiger partial charge in [-0.2, -0.15) is 0 Å². The third-order valence-corrected chi connectivity index (χ3v) is 3.99. The Labute approximate surface area is 146 Å². The summed E-state index contributed by atoms with van der Waals surface area (Å²) in [6, 6.07) is 11.7. The van der Waals surface area contributed by atoms with E-state index in [9.17, 15) is 9.59 Å². The number of benzene rings is 2. The average Bonchev–Trinajstić information content (AvgIpc) is 3.24. The van der Waals surface area contributed by atoms with Crippen molar-refractivity contribution in [3.8, 4) is 11.5 Å². The Morgan fingerprint density at radius 2 is 1.76 bits per heavy atom. The topological polar surface area (TPSA) is 92.5 Å². The third kappa shape index (κ3) is 2.97. The number of hydrazine groups is 1. The van der Waals surface area contributed by atoms with Crippen molar-refractivity contribution in [2.45, 2.75) is 0 Å². The molecule has 1 aliphatic rings. The van der Waals surface area contributed by atoms with Crippen molar-refractivity contribution in [2.75, 3.05) is 6.79 Å². The molecule has 0 spiro atoms. The van der Waals surface area contributed by atoms with Crippen LogP contribution in [0.3, 0.4) is 0 Å². The van der Waals surface area contributed by atoms with Gasteiger partial charge in [-0.05, 0) is 42.5 Å². The SMILES string of the molecule is O=C(NNC(=O)c1cc2cc(Cl)ccc2[nH]1)c1ccc2c(c1)OCO2. The Hall–Kier alpha value is -3.19. The molecular weight excluding hydrogens is 346 g/mol. The summed E-state index contributed by atoms with van der Waals surface area (Å²) in [5.41, 5.74) is 6.15. The molecule has 0 aliphatic carbocycles. The predicted octanol–water partition coefficient (Wildman–Crippen LogP) is 2.62. The fraction of sp³-hybridized carbons (Fsp3) is 0.0588. The minimum atomic E-state index is -0.471. The fourth-order valence-corrected chi connectivity index (χ4v) is 2.70. The highest BCUT2D eigenvalue weighted by atomic mass is 35.5. The number of halogens is 1. The van der Waals surface area contributed by atoms with Crippen molar-refractivity contribution < 1.29 is 19.1 Å². The third-order valence-electron chi connectivity index (χ3n) is 3.75. The molecule has 2 aromatic carbocycles. The number of nitrogens with one attached hydrogen (secondary N) is 3. The zero-order valence-corrected chi connectivity index (χ0v) is 13.5. The predicted molar refractivity (Wildman–Crippen MR) is 90.8 cm³/mol. The van der Waals surface area contributed by atoms with Gasteiger partial charge in [0.15, 0.2) is 11.5 Å². The summed E-state index contributed by atoms with van der Waals surface area (Å²) in [6.07, 6.45) is 0. The van der Waals surface area contributed by atoms with Crippen LogP contribution < -0.4 is 20.3 Å². The van der Waals surface area contributed by atoms with Gasteiger partial charge in [-0.3, -0.25) is 20.4 Å². The first-order valence-corrected chi connectivity index (χ1v) is 7.76. The molecule has 4 rings (SSSR count). The highest BCUT2D eigenvalue weighted by molar-refractivity contribution is 6.31. The quantitative estimate of drug-likeness (QED) is 0.615. The second-order valence-electron chi connectivity index (χ2n) is 5.39. The van der Waals surface area contributed by atoms with Crippen LogP contribution in [0.5, 0.6) is 11.5 Å². The van der Waals surface area contributed by atoms with Crippen LogP contribution in [0.15, 0.2) is 42.5 Å². The van der Waals surface area contributed by atoms with E-state index in [-0.39, 0.29) is 6.79 Å². The van der Waals surface area contributed by atoms with Crippen molar-refractivity contribution in [3.63, 3.8) is 0 Å². The number of ether oxygens (including phenoxy) is 2. The Kier molecular flexibility index (Phi) is 3.70. The lowest BCUT2D eigenvalue weighted by molar-refractivity contribution is 0.0844. The van der Waals surface area contributed by atoms with E-state index in [0.717, 1.165) is 10.9 Å². The fourth-order valence-electron chi connectivity index (χ4n) is 2.52. The van der Waals surface area contributed by atoms with Gasteiger partial charge in [-0.25, -0.2) is 0 Å². The van der Waals surface area contributed by atoms with Gasteiger partial charge < -0.3 is 14.5 Å². The lowest BCUT2D eigenvalue weighted by atomic mass is 10.2. The summed E-state index contributed by atoms with van der Waals surface area (Å²) >= 11 is 5.93. The first kappa shape index (κ1) is 15.3. The van der Waals surface area contributed by atoms with Crippen molar-refractivity contribution >= 4 is 34.3 Å². The molecule has 8 heteroatoms. The van der Waals surface area contributed by atoms with Crippen LogP contribution in [0.25, 0.3) is 10.9 Å². The maximum atomic E-state index is 12.2. The van der Waals surface area contributed by atoms with E-state index in [1.54, 1.807) is 42.5 Å². The van der Waals surface area contributed by atoms with Gasteiger partial charge in [-0.1, -0.05) is 11.6 Å². The van der Waals surface area contributed by atoms with E-state index in [2.05, 4.69) is 15.8 Å². The molecule has 7 nitrogen and oxygen atoms in total.